The maximum Gasteiger partial charge on any atom is 0.300 e. The van der Waals surface area contributed by atoms with Crippen LogP contribution in [0.15, 0.2) is 42.5 Å². The quantitative estimate of drug-likeness (QED) is 0.818. The molecule has 0 bridgehead atoms. The van der Waals surface area contributed by atoms with Gasteiger partial charge in [-0.25, -0.2) is 0 Å². The molecule has 0 atom stereocenters. The van der Waals surface area contributed by atoms with Crippen molar-refractivity contribution in [2.75, 3.05) is 0 Å². The highest BCUT2D eigenvalue weighted by molar-refractivity contribution is 5.67. The van der Waals surface area contributed by atoms with Crippen molar-refractivity contribution in [1.29, 1.82) is 0 Å². The lowest BCUT2D eigenvalue weighted by Crippen LogP contribution is -1.84. The van der Waals surface area contributed by atoms with Crippen molar-refractivity contribution in [3.05, 3.63) is 53.6 Å². The number of carboxylic acids is 1. The third-order valence-electron chi connectivity index (χ3n) is 2.60. The van der Waals surface area contributed by atoms with Crippen molar-refractivity contribution in [1.82, 2.24) is 0 Å². The number of hydrogen-bond acceptors (Lipinski definition) is 2. The minimum absolute atomic E-state index is 0.398. The smallest absolute Gasteiger partial charge is 0.300 e. The van der Waals surface area contributed by atoms with Gasteiger partial charge in [-0.3, -0.25) is 4.79 Å². The summed E-state index contributed by atoms with van der Waals surface area (Å²) in [5.41, 5.74) is 4.19. The molecular weight excluding hydrogens is 240 g/mol. The summed E-state index contributed by atoms with van der Waals surface area (Å²) in [7, 11) is 0. The first-order chi connectivity index (χ1) is 8.91. The van der Waals surface area contributed by atoms with E-state index >= 15 is 0 Å². The van der Waals surface area contributed by atoms with E-state index in [1.165, 1.54) is 5.56 Å². The Morgan fingerprint density at radius 1 is 0.947 bits per heavy atom. The van der Waals surface area contributed by atoms with Crippen LogP contribution in [-0.2, 0) is 4.79 Å². The van der Waals surface area contributed by atoms with Crippen molar-refractivity contribution < 1.29 is 15.0 Å². The molecule has 3 nitrogen and oxygen atoms in total. The van der Waals surface area contributed by atoms with Gasteiger partial charge in [-0.15, -0.1) is 0 Å². The number of aliphatic carboxylic acids is 1. The molecule has 0 aliphatic carbocycles. The van der Waals surface area contributed by atoms with E-state index in [1.807, 2.05) is 44.2 Å². The van der Waals surface area contributed by atoms with Gasteiger partial charge in [0.15, 0.2) is 0 Å². The van der Waals surface area contributed by atoms with E-state index in [9.17, 15) is 5.11 Å². The maximum atomic E-state index is 9.68. The second-order valence-electron chi connectivity index (χ2n) is 4.34. The van der Waals surface area contributed by atoms with Crippen LogP contribution in [0.4, 0.5) is 0 Å². The SMILES string of the molecule is CC(=O)O.Cc1cc(-c2ccccc2)cc(C)c1O. The molecule has 2 aromatic carbocycles. The van der Waals surface area contributed by atoms with Crippen molar-refractivity contribution >= 4 is 5.97 Å². The highest BCUT2D eigenvalue weighted by atomic mass is 16.4. The predicted octanol–water partition coefficient (Wildman–Crippen LogP) is 3.77. The summed E-state index contributed by atoms with van der Waals surface area (Å²) in [6.45, 7) is 4.93. The Kier molecular flexibility index (Phi) is 5.12. The van der Waals surface area contributed by atoms with Crippen LogP contribution in [0.1, 0.15) is 18.1 Å². The van der Waals surface area contributed by atoms with Gasteiger partial charge in [0.05, 0.1) is 0 Å². The zero-order valence-corrected chi connectivity index (χ0v) is 11.3. The molecule has 0 fully saturated rings. The van der Waals surface area contributed by atoms with Crippen molar-refractivity contribution in [3.8, 4) is 16.9 Å². The molecule has 0 unspecified atom stereocenters. The molecule has 0 spiro atoms. The van der Waals surface area contributed by atoms with Crippen molar-refractivity contribution in [2.24, 2.45) is 0 Å². The average Bonchev–Trinajstić information content (AvgIpc) is 2.36. The molecule has 0 heterocycles. The predicted molar refractivity (Wildman–Crippen MR) is 76.3 cm³/mol. The molecule has 19 heavy (non-hydrogen) atoms. The van der Waals surface area contributed by atoms with Gasteiger partial charge in [-0.2, -0.15) is 0 Å². The molecule has 0 aliphatic heterocycles. The maximum absolute atomic E-state index is 9.68. The van der Waals surface area contributed by atoms with E-state index in [2.05, 4.69) is 12.1 Å². The lowest BCUT2D eigenvalue weighted by molar-refractivity contribution is -0.134. The average molecular weight is 258 g/mol. The summed E-state index contributed by atoms with van der Waals surface area (Å²) in [6, 6.07) is 14.2. The van der Waals surface area contributed by atoms with Gasteiger partial charge in [-0.05, 0) is 48.2 Å². The van der Waals surface area contributed by atoms with Crippen LogP contribution in [-0.4, -0.2) is 16.2 Å². The van der Waals surface area contributed by atoms with E-state index in [0.29, 0.717) is 5.75 Å². The Labute approximate surface area is 113 Å². The van der Waals surface area contributed by atoms with E-state index < -0.39 is 5.97 Å². The molecule has 0 radical (unpaired) electrons. The van der Waals surface area contributed by atoms with Crippen LogP contribution in [0, 0.1) is 13.8 Å². The summed E-state index contributed by atoms with van der Waals surface area (Å²) in [5, 5.41) is 17.1. The van der Waals surface area contributed by atoms with Crippen LogP contribution in [0.3, 0.4) is 0 Å². The lowest BCUT2D eigenvalue weighted by Gasteiger charge is -2.07. The number of phenolic OH excluding ortho intramolecular Hbond substituents is 1. The van der Waals surface area contributed by atoms with Gasteiger partial charge in [-0.1, -0.05) is 30.3 Å². The highest BCUT2D eigenvalue weighted by Gasteiger charge is 2.04. The van der Waals surface area contributed by atoms with Gasteiger partial charge in [0.1, 0.15) is 5.75 Å². The third-order valence-corrected chi connectivity index (χ3v) is 2.60. The topological polar surface area (TPSA) is 57.5 Å². The number of aromatic hydroxyl groups is 1. The fraction of sp³-hybridized carbons (Fsp3) is 0.188. The molecule has 0 amide bonds. The van der Waals surface area contributed by atoms with Crippen molar-refractivity contribution in [2.45, 2.75) is 20.8 Å². The number of carbonyl (C=O) groups is 1. The second kappa shape index (κ2) is 6.59. The molecule has 0 saturated carbocycles. The number of benzene rings is 2. The van der Waals surface area contributed by atoms with Crippen LogP contribution in [0.5, 0.6) is 5.75 Å². The third kappa shape index (κ3) is 4.47. The number of phenols is 1. The second-order valence-corrected chi connectivity index (χ2v) is 4.34. The van der Waals surface area contributed by atoms with Crippen LogP contribution < -0.4 is 0 Å². The van der Waals surface area contributed by atoms with Crippen LogP contribution >= 0.6 is 0 Å². The number of aryl methyl sites for hydroxylation is 2. The van der Waals surface area contributed by atoms with Gasteiger partial charge in [0, 0.05) is 6.92 Å². The summed E-state index contributed by atoms with van der Waals surface area (Å²) in [6.07, 6.45) is 0. The van der Waals surface area contributed by atoms with Gasteiger partial charge >= 0.3 is 0 Å². The zero-order chi connectivity index (χ0) is 14.4. The molecular formula is C16H18O3. The normalized spacial score (nSPS) is 9.42. The molecule has 100 valence electrons. The standard InChI is InChI=1S/C14H14O.C2H4O2/c1-10-8-13(9-11(2)14(10)15)12-6-4-3-5-7-12;1-2(3)4/h3-9,15H,1-2H3;1H3,(H,3,4). The number of hydrogen-bond donors (Lipinski definition) is 2. The number of rotatable bonds is 1. The lowest BCUT2D eigenvalue weighted by atomic mass is 10.00. The zero-order valence-electron chi connectivity index (χ0n) is 11.3. The monoisotopic (exact) mass is 258 g/mol. The van der Waals surface area contributed by atoms with E-state index in [0.717, 1.165) is 23.6 Å². The van der Waals surface area contributed by atoms with E-state index in [1.54, 1.807) is 0 Å². The van der Waals surface area contributed by atoms with Gasteiger partial charge in [0.2, 0.25) is 0 Å². The molecule has 3 heteroatoms. The Hall–Kier alpha value is -2.29. The Morgan fingerprint density at radius 2 is 1.37 bits per heavy atom. The molecule has 0 saturated heterocycles. The Bertz CT molecular complexity index is 532. The first kappa shape index (κ1) is 14.8. The summed E-state index contributed by atoms with van der Waals surface area (Å²) in [4.78, 5) is 9.00. The minimum Gasteiger partial charge on any atom is -0.507 e. The minimum atomic E-state index is -0.833. The van der Waals surface area contributed by atoms with E-state index in [-0.39, 0.29) is 0 Å². The molecule has 0 aromatic heterocycles. The highest BCUT2D eigenvalue weighted by Crippen LogP contribution is 2.28. The summed E-state index contributed by atoms with van der Waals surface area (Å²) in [5.74, 6) is -0.435. The summed E-state index contributed by atoms with van der Waals surface area (Å²) < 4.78 is 0. The Morgan fingerprint density at radius 3 is 1.79 bits per heavy atom. The molecule has 2 N–H and O–H groups in total. The van der Waals surface area contributed by atoms with Gasteiger partial charge in [0.25, 0.3) is 5.97 Å². The fourth-order valence-electron chi connectivity index (χ4n) is 1.75. The van der Waals surface area contributed by atoms with Crippen LogP contribution in [0.25, 0.3) is 11.1 Å². The van der Waals surface area contributed by atoms with Crippen molar-refractivity contribution in [3.63, 3.8) is 0 Å². The van der Waals surface area contributed by atoms with Crippen LogP contribution in [0.2, 0.25) is 0 Å². The fourth-order valence-corrected chi connectivity index (χ4v) is 1.75. The molecule has 0 aliphatic rings. The van der Waals surface area contributed by atoms with Gasteiger partial charge < -0.3 is 10.2 Å². The molecule has 2 aromatic rings. The first-order valence-corrected chi connectivity index (χ1v) is 5.97. The first-order valence-electron chi connectivity index (χ1n) is 5.97. The summed E-state index contributed by atoms with van der Waals surface area (Å²) >= 11 is 0. The molecule has 2 rings (SSSR count). The Balaban J connectivity index is 0.000000399. The largest absolute Gasteiger partial charge is 0.507 e. The number of carboxylic acid groups (broad SMARTS) is 1. The van der Waals surface area contributed by atoms with E-state index in [4.69, 9.17) is 9.90 Å².